The number of nitrogens with zero attached hydrogens (tertiary/aromatic N) is 1. The van der Waals surface area contributed by atoms with E-state index in [1.807, 2.05) is 0 Å². The van der Waals surface area contributed by atoms with Crippen molar-refractivity contribution < 1.29 is 23.9 Å². The highest BCUT2D eigenvalue weighted by Gasteiger charge is 2.37. The smallest absolute Gasteiger partial charge is 0.255 e. The van der Waals surface area contributed by atoms with E-state index in [-0.39, 0.29) is 12.0 Å². The molecule has 0 bridgehead atoms. The summed E-state index contributed by atoms with van der Waals surface area (Å²) in [5.74, 6) is -2.85. The van der Waals surface area contributed by atoms with Gasteiger partial charge in [0.25, 0.3) is 11.8 Å². The van der Waals surface area contributed by atoms with E-state index in [1.54, 1.807) is 0 Å². The maximum absolute atomic E-state index is 12.8. The highest BCUT2D eigenvalue weighted by Crippen LogP contribution is 2.19. The molecule has 1 aliphatic heterocycles. The maximum atomic E-state index is 12.8. The van der Waals surface area contributed by atoms with E-state index in [1.165, 1.54) is 7.05 Å². The molecule has 1 aromatic rings. The zero-order valence-electron chi connectivity index (χ0n) is 10.0. The van der Waals surface area contributed by atoms with Gasteiger partial charge >= 0.3 is 0 Å². The molecule has 1 aliphatic rings. The molecule has 2 N–H and O–H groups in total. The van der Waals surface area contributed by atoms with Gasteiger partial charge in [0.2, 0.25) is 5.91 Å². The summed E-state index contributed by atoms with van der Waals surface area (Å²) >= 11 is 0. The van der Waals surface area contributed by atoms with E-state index < -0.39 is 35.3 Å². The average molecular weight is 266 g/mol. The number of imide groups is 1. The van der Waals surface area contributed by atoms with Crippen molar-refractivity contribution >= 4 is 17.7 Å². The first-order valence-electron chi connectivity index (χ1n) is 5.50. The Bertz CT molecular complexity index is 573. The number of hydrogen-bond donors (Lipinski definition) is 2. The molecule has 7 heteroatoms. The van der Waals surface area contributed by atoms with Gasteiger partial charge in [-0.1, -0.05) is 0 Å². The lowest BCUT2D eigenvalue weighted by Gasteiger charge is -2.11. The summed E-state index contributed by atoms with van der Waals surface area (Å²) in [4.78, 5) is 35.6. The van der Waals surface area contributed by atoms with Crippen molar-refractivity contribution in [1.82, 2.24) is 10.2 Å². The van der Waals surface area contributed by atoms with Gasteiger partial charge in [0.1, 0.15) is 17.6 Å². The van der Waals surface area contributed by atoms with E-state index in [0.29, 0.717) is 0 Å². The van der Waals surface area contributed by atoms with Crippen LogP contribution in [0.1, 0.15) is 16.8 Å². The second kappa shape index (κ2) is 4.68. The molecule has 3 amide bonds. The van der Waals surface area contributed by atoms with Crippen LogP contribution in [-0.4, -0.2) is 40.8 Å². The van der Waals surface area contributed by atoms with Crippen LogP contribution in [0.15, 0.2) is 18.2 Å². The number of likely N-dealkylation sites (tertiary alicyclic amines) is 1. The molecular weight excluding hydrogens is 255 g/mol. The Kier molecular flexibility index (Phi) is 3.20. The third-order valence-corrected chi connectivity index (χ3v) is 2.89. The topological polar surface area (TPSA) is 86.7 Å². The molecule has 0 aliphatic carbocycles. The summed E-state index contributed by atoms with van der Waals surface area (Å²) in [7, 11) is 1.33. The summed E-state index contributed by atoms with van der Waals surface area (Å²) in [6.07, 6.45) is -0.122. The van der Waals surface area contributed by atoms with Gasteiger partial charge in [-0.2, -0.15) is 0 Å². The highest BCUT2D eigenvalue weighted by atomic mass is 19.1. The number of phenolic OH excluding ortho intramolecular Hbond substituents is 1. The van der Waals surface area contributed by atoms with Crippen LogP contribution in [0.5, 0.6) is 5.75 Å². The fourth-order valence-corrected chi connectivity index (χ4v) is 1.80. The minimum atomic E-state index is -0.950. The molecule has 0 aromatic heterocycles. The molecule has 0 saturated carbocycles. The summed E-state index contributed by atoms with van der Waals surface area (Å²) in [6, 6.07) is 1.96. The summed E-state index contributed by atoms with van der Waals surface area (Å²) < 4.78 is 12.8. The van der Waals surface area contributed by atoms with Crippen LogP contribution < -0.4 is 5.32 Å². The summed E-state index contributed by atoms with van der Waals surface area (Å²) in [6.45, 7) is 0. The number of amides is 3. The normalized spacial score (nSPS) is 18.8. The maximum Gasteiger partial charge on any atom is 0.255 e. The molecule has 6 nitrogen and oxygen atoms in total. The van der Waals surface area contributed by atoms with Crippen LogP contribution in [0.25, 0.3) is 0 Å². The Balaban J connectivity index is 2.14. The van der Waals surface area contributed by atoms with Gasteiger partial charge < -0.3 is 10.4 Å². The second-order valence-electron chi connectivity index (χ2n) is 4.18. The first kappa shape index (κ1) is 13.0. The first-order chi connectivity index (χ1) is 8.90. The van der Waals surface area contributed by atoms with Crippen molar-refractivity contribution in [1.29, 1.82) is 0 Å². The first-order valence-corrected chi connectivity index (χ1v) is 5.50. The third-order valence-electron chi connectivity index (χ3n) is 2.89. The Morgan fingerprint density at radius 1 is 1.47 bits per heavy atom. The minimum absolute atomic E-state index is 0.122. The predicted octanol–water partition coefficient (Wildman–Crippen LogP) is 0.0184. The number of likely N-dealkylation sites (N-methyl/N-ethyl adjacent to an activating group) is 1. The monoisotopic (exact) mass is 266 g/mol. The molecule has 100 valence electrons. The zero-order chi connectivity index (χ0) is 14.2. The molecule has 1 heterocycles. The van der Waals surface area contributed by atoms with Crippen LogP contribution in [-0.2, 0) is 9.59 Å². The van der Waals surface area contributed by atoms with E-state index in [4.69, 9.17) is 0 Å². The molecule has 1 saturated heterocycles. The average Bonchev–Trinajstić information content (AvgIpc) is 2.57. The van der Waals surface area contributed by atoms with Gasteiger partial charge in [-0.25, -0.2) is 4.39 Å². The number of nitrogens with one attached hydrogen (secondary N) is 1. The summed E-state index contributed by atoms with van der Waals surface area (Å²) in [5.41, 5.74) is -0.156. The van der Waals surface area contributed by atoms with Crippen LogP contribution >= 0.6 is 0 Å². The Morgan fingerprint density at radius 2 is 2.16 bits per heavy atom. The number of halogens is 1. The van der Waals surface area contributed by atoms with Gasteiger partial charge in [0.05, 0.1) is 12.0 Å². The zero-order valence-corrected chi connectivity index (χ0v) is 10.0. The number of carbonyl (C=O) groups is 3. The van der Waals surface area contributed by atoms with E-state index in [0.717, 1.165) is 23.1 Å². The van der Waals surface area contributed by atoms with Crippen molar-refractivity contribution in [2.24, 2.45) is 0 Å². The molecule has 1 unspecified atom stereocenters. The third kappa shape index (κ3) is 2.40. The number of benzene rings is 1. The van der Waals surface area contributed by atoms with Crippen molar-refractivity contribution in [2.75, 3.05) is 7.05 Å². The van der Waals surface area contributed by atoms with Crippen molar-refractivity contribution in [3.05, 3.63) is 29.6 Å². The second-order valence-corrected chi connectivity index (χ2v) is 4.18. The van der Waals surface area contributed by atoms with Gasteiger partial charge in [0.15, 0.2) is 0 Å². The molecule has 19 heavy (non-hydrogen) atoms. The van der Waals surface area contributed by atoms with Gasteiger partial charge in [0, 0.05) is 13.1 Å². The summed E-state index contributed by atoms with van der Waals surface area (Å²) in [5, 5.41) is 11.8. The van der Waals surface area contributed by atoms with Gasteiger partial charge in [-0.05, 0) is 12.1 Å². The fraction of sp³-hybridized carbons (Fsp3) is 0.250. The molecule has 2 rings (SSSR count). The van der Waals surface area contributed by atoms with E-state index >= 15 is 0 Å². The lowest BCUT2D eigenvalue weighted by atomic mass is 10.1. The lowest BCUT2D eigenvalue weighted by Crippen LogP contribution is -2.40. The predicted molar refractivity (Wildman–Crippen MR) is 61.7 cm³/mol. The lowest BCUT2D eigenvalue weighted by molar-refractivity contribution is -0.137. The Hall–Kier alpha value is -2.44. The van der Waals surface area contributed by atoms with Crippen LogP contribution in [0.2, 0.25) is 0 Å². The van der Waals surface area contributed by atoms with Gasteiger partial charge in [-0.15, -0.1) is 0 Å². The van der Waals surface area contributed by atoms with E-state index in [2.05, 4.69) is 5.32 Å². The molecular formula is C12H11FN2O4. The van der Waals surface area contributed by atoms with Crippen molar-refractivity contribution in [3.8, 4) is 5.75 Å². The SMILES string of the molecule is CN1C(=O)CC(NC(=O)c2ccc(F)cc2O)C1=O. The Labute approximate surface area is 107 Å². The van der Waals surface area contributed by atoms with E-state index in [9.17, 15) is 23.9 Å². The fourth-order valence-electron chi connectivity index (χ4n) is 1.80. The van der Waals surface area contributed by atoms with Crippen molar-refractivity contribution in [2.45, 2.75) is 12.5 Å². The standard InChI is InChI=1S/C12H11FN2O4/c1-15-10(17)5-8(12(15)19)14-11(18)7-3-2-6(13)4-9(7)16/h2-4,8,16H,5H2,1H3,(H,14,18). The highest BCUT2D eigenvalue weighted by molar-refractivity contribution is 6.08. The molecule has 1 aromatic carbocycles. The van der Waals surface area contributed by atoms with Crippen LogP contribution in [0.3, 0.4) is 0 Å². The molecule has 1 fully saturated rings. The number of aromatic hydroxyl groups is 1. The van der Waals surface area contributed by atoms with Crippen LogP contribution in [0.4, 0.5) is 4.39 Å². The number of carbonyl (C=O) groups excluding carboxylic acids is 3. The van der Waals surface area contributed by atoms with Crippen molar-refractivity contribution in [3.63, 3.8) is 0 Å². The molecule has 0 spiro atoms. The molecule has 0 radical (unpaired) electrons. The Morgan fingerprint density at radius 3 is 2.68 bits per heavy atom. The minimum Gasteiger partial charge on any atom is -0.507 e. The largest absolute Gasteiger partial charge is 0.507 e. The molecule has 1 atom stereocenters. The number of rotatable bonds is 2. The number of phenols is 1. The van der Waals surface area contributed by atoms with Crippen LogP contribution in [0, 0.1) is 5.82 Å². The van der Waals surface area contributed by atoms with Gasteiger partial charge in [-0.3, -0.25) is 19.3 Å². The quantitative estimate of drug-likeness (QED) is 0.739. The number of hydrogen-bond acceptors (Lipinski definition) is 4.